The molecule has 2 saturated heterocycles. The monoisotopic (exact) mass is 419 g/mol. The molecular formula is C20H25N3O3S2. The highest BCUT2D eigenvalue weighted by molar-refractivity contribution is 7.89. The van der Waals surface area contributed by atoms with Crippen LogP contribution in [0.3, 0.4) is 0 Å². The summed E-state index contributed by atoms with van der Waals surface area (Å²) >= 11 is 1.56. The van der Waals surface area contributed by atoms with E-state index in [2.05, 4.69) is 0 Å². The number of carbonyl (C=O) groups is 1. The number of anilines is 1. The molecule has 8 heteroatoms. The van der Waals surface area contributed by atoms with E-state index < -0.39 is 10.0 Å². The Kier molecular flexibility index (Phi) is 5.07. The molecule has 2 aliphatic heterocycles. The third-order valence-electron chi connectivity index (χ3n) is 6.02. The van der Waals surface area contributed by atoms with Gasteiger partial charge in [0.1, 0.15) is 0 Å². The standard InChI is InChI=1S/C20H25N3O3S2/c1-3-16-4-6-18(7-5-16)28(25,26)22-10-9-20(14-22)15-23(17-8-11-27-13-17)19(24)12-21(20)2/h4-8,11,13H,3,9-10,12,14-15H2,1-2H3. The van der Waals surface area contributed by atoms with E-state index in [1.807, 2.05) is 52.7 Å². The molecule has 3 heterocycles. The lowest BCUT2D eigenvalue weighted by Gasteiger charge is -2.46. The van der Waals surface area contributed by atoms with Crippen molar-refractivity contribution in [3.63, 3.8) is 0 Å². The summed E-state index contributed by atoms with van der Waals surface area (Å²) in [5.74, 6) is 0.0583. The van der Waals surface area contributed by atoms with E-state index in [-0.39, 0.29) is 11.4 Å². The zero-order valence-corrected chi connectivity index (χ0v) is 17.8. The largest absolute Gasteiger partial charge is 0.309 e. The fourth-order valence-corrected chi connectivity index (χ4v) is 6.28. The highest BCUT2D eigenvalue weighted by Crippen LogP contribution is 2.36. The lowest BCUT2D eigenvalue weighted by atomic mass is 9.93. The Balaban J connectivity index is 1.58. The number of sulfonamides is 1. The number of thiophene rings is 1. The van der Waals surface area contributed by atoms with Crippen LogP contribution in [-0.2, 0) is 21.2 Å². The van der Waals surface area contributed by atoms with Gasteiger partial charge in [0.05, 0.1) is 22.7 Å². The molecule has 2 fully saturated rings. The van der Waals surface area contributed by atoms with Crippen LogP contribution in [0.2, 0.25) is 0 Å². The molecular weight excluding hydrogens is 394 g/mol. The summed E-state index contributed by atoms with van der Waals surface area (Å²) in [4.78, 5) is 16.7. The first kappa shape index (κ1) is 19.6. The smallest absolute Gasteiger partial charge is 0.243 e. The molecule has 0 aliphatic carbocycles. The predicted molar refractivity (Wildman–Crippen MR) is 111 cm³/mol. The highest BCUT2D eigenvalue weighted by atomic mass is 32.2. The van der Waals surface area contributed by atoms with E-state index >= 15 is 0 Å². The SMILES string of the molecule is CCc1ccc(S(=O)(=O)N2CCC3(CN(c4ccsc4)C(=O)CN3C)C2)cc1. The van der Waals surface area contributed by atoms with E-state index in [4.69, 9.17) is 0 Å². The Bertz CT molecular complexity index is 957. The first-order valence-corrected chi connectivity index (χ1v) is 11.9. The van der Waals surface area contributed by atoms with Crippen LogP contribution >= 0.6 is 11.3 Å². The van der Waals surface area contributed by atoms with Crippen molar-refractivity contribution in [2.75, 3.05) is 38.1 Å². The summed E-state index contributed by atoms with van der Waals surface area (Å²) in [6.07, 6.45) is 1.59. The molecule has 2 aromatic rings. The van der Waals surface area contributed by atoms with Crippen LogP contribution in [0.4, 0.5) is 5.69 Å². The Morgan fingerprint density at radius 1 is 1.14 bits per heavy atom. The Hall–Kier alpha value is -1.74. The van der Waals surface area contributed by atoms with Crippen molar-refractivity contribution in [1.82, 2.24) is 9.21 Å². The lowest BCUT2D eigenvalue weighted by molar-refractivity contribution is -0.123. The Morgan fingerprint density at radius 3 is 2.54 bits per heavy atom. The number of benzene rings is 1. The van der Waals surface area contributed by atoms with Gasteiger partial charge in [-0.3, -0.25) is 9.69 Å². The van der Waals surface area contributed by atoms with Gasteiger partial charge < -0.3 is 4.90 Å². The Labute approximate surface area is 170 Å². The maximum absolute atomic E-state index is 13.2. The van der Waals surface area contributed by atoms with Gasteiger partial charge in [-0.05, 0) is 49.0 Å². The van der Waals surface area contributed by atoms with Gasteiger partial charge in [-0.2, -0.15) is 15.6 Å². The molecule has 0 N–H and O–H groups in total. The van der Waals surface area contributed by atoms with E-state index in [1.165, 1.54) is 0 Å². The van der Waals surface area contributed by atoms with Gasteiger partial charge in [0.2, 0.25) is 15.9 Å². The number of nitrogens with zero attached hydrogens (tertiary/aromatic N) is 3. The van der Waals surface area contributed by atoms with Gasteiger partial charge in [-0.15, -0.1) is 0 Å². The van der Waals surface area contributed by atoms with Crippen LogP contribution < -0.4 is 4.90 Å². The molecule has 1 aromatic carbocycles. The fourth-order valence-electron chi connectivity index (χ4n) is 4.12. The molecule has 2 aliphatic rings. The van der Waals surface area contributed by atoms with Crippen molar-refractivity contribution < 1.29 is 13.2 Å². The molecule has 1 atom stereocenters. The quantitative estimate of drug-likeness (QED) is 0.764. The number of amides is 1. The molecule has 1 amide bonds. The van der Waals surface area contributed by atoms with Crippen LogP contribution in [0.15, 0.2) is 46.0 Å². The highest BCUT2D eigenvalue weighted by Gasteiger charge is 2.50. The first-order chi connectivity index (χ1) is 13.4. The minimum Gasteiger partial charge on any atom is -0.309 e. The predicted octanol–water partition coefficient (Wildman–Crippen LogP) is 2.42. The first-order valence-electron chi connectivity index (χ1n) is 9.49. The van der Waals surface area contributed by atoms with Gasteiger partial charge in [-0.1, -0.05) is 19.1 Å². The molecule has 28 heavy (non-hydrogen) atoms. The maximum atomic E-state index is 13.2. The van der Waals surface area contributed by atoms with Gasteiger partial charge in [-0.25, -0.2) is 8.42 Å². The maximum Gasteiger partial charge on any atom is 0.243 e. The second-order valence-corrected chi connectivity index (χ2v) is 10.3. The summed E-state index contributed by atoms with van der Waals surface area (Å²) in [6, 6.07) is 9.10. The van der Waals surface area contributed by atoms with Gasteiger partial charge in [0.15, 0.2) is 0 Å². The van der Waals surface area contributed by atoms with Crippen molar-refractivity contribution in [2.24, 2.45) is 0 Å². The van der Waals surface area contributed by atoms with E-state index in [0.29, 0.717) is 37.5 Å². The normalized spacial score (nSPS) is 24.4. The number of carbonyl (C=O) groups excluding carboxylic acids is 1. The molecule has 1 spiro atoms. The summed E-state index contributed by atoms with van der Waals surface area (Å²) in [5, 5.41) is 3.93. The third kappa shape index (κ3) is 3.28. The van der Waals surface area contributed by atoms with Crippen molar-refractivity contribution in [3.05, 3.63) is 46.7 Å². The minimum absolute atomic E-state index is 0.0583. The number of hydrogen-bond acceptors (Lipinski definition) is 5. The van der Waals surface area contributed by atoms with Crippen molar-refractivity contribution >= 4 is 33.0 Å². The number of piperazine rings is 1. The number of aryl methyl sites for hydroxylation is 1. The van der Waals surface area contributed by atoms with Crippen molar-refractivity contribution in [1.29, 1.82) is 0 Å². The zero-order chi connectivity index (χ0) is 19.9. The second-order valence-electron chi connectivity index (χ2n) is 7.63. The summed E-state index contributed by atoms with van der Waals surface area (Å²) in [7, 11) is -1.62. The number of rotatable bonds is 4. The minimum atomic E-state index is -3.54. The fraction of sp³-hybridized carbons (Fsp3) is 0.450. The Morgan fingerprint density at radius 2 is 1.89 bits per heavy atom. The van der Waals surface area contributed by atoms with Gasteiger partial charge in [0.25, 0.3) is 0 Å². The van der Waals surface area contributed by atoms with Crippen LogP contribution in [0.5, 0.6) is 0 Å². The average Bonchev–Trinajstić information content (AvgIpc) is 3.36. The lowest BCUT2D eigenvalue weighted by Crippen LogP contribution is -2.64. The van der Waals surface area contributed by atoms with E-state index in [9.17, 15) is 13.2 Å². The molecule has 6 nitrogen and oxygen atoms in total. The second kappa shape index (κ2) is 7.26. The van der Waals surface area contributed by atoms with Gasteiger partial charge in [0, 0.05) is 25.0 Å². The third-order valence-corrected chi connectivity index (χ3v) is 8.55. The number of hydrogen-bond donors (Lipinski definition) is 0. The van der Waals surface area contributed by atoms with Crippen LogP contribution in [0.1, 0.15) is 18.9 Å². The molecule has 150 valence electrons. The summed E-state index contributed by atoms with van der Waals surface area (Å²) in [6.45, 7) is 3.73. The molecule has 1 unspecified atom stereocenters. The molecule has 0 bridgehead atoms. The zero-order valence-electron chi connectivity index (χ0n) is 16.2. The van der Waals surface area contributed by atoms with E-state index in [0.717, 1.165) is 17.7 Å². The topological polar surface area (TPSA) is 60.9 Å². The molecule has 4 rings (SSSR count). The van der Waals surface area contributed by atoms with Gasteiger partial charge >= 0.3 is 0 Å². The molecule has 1 aromatic heterocycles. The number of likely N-dealkylation sites (N-methyl/N-ethyl adjacent to an activating group) is 1. The van der Waals surface area contributed by atoms with Crippen molar-refractivity contribution in [2.45, 2.75) is 30.2 Å². The van der Waals surface area contributed by atoms with Crippen LogP contribution in [0.25, 0.3) is 0 Å². The molecule has 0 saturated carbocycles. The van der Waals surface area contributed by atoms with Crippen LogP contribution in [-0.4, -0.2) is 62.3 Å². The summed E-state index contributed by atoms with van der Waals surface area (Å²) < 4.78 is 27.9. The van der Waals surface area contributed by atoms with Crippen LogP contribution in [0, 0.1) is 0 Å². The molecule has 0 radical (unpaired) electrons. The van der Waals surface area contributed by atoms with Crippen molar-refractivity contribution in [3.8, 4) is 0 Å². The average molecular weight is 420 g/mol. The van der Waals surface area contributed by atoms with E-state index in [1.54, 1.807) is 27.8 Å². The summed E-state index contributed by atoms with van der Waals surface area (Å²) in [5.41, 5.74) is 1.67.